The monoisotopic (exact) mass is 420 g/mol. The van der Waals surface area contributed by atoms with E-state index in [0.29, 0.717) is 27.7 Å². The lowest BCUT2D eigenvalue weighted by molar-refractivity contribution is 0.0951. The molecule has 0 spiro atoms. The van der Waals surface area contributed by atoms with Crippen molar-refractivity contribution in [3.05, 3.63) is 111 Å². The van der Waals surface area contributed by atoms with Crippen LogP contribution in [0, 0.1) is 12.7 Å². The Kier molecular flexibility index (Phi) is 5.38. The Morgan fingerprint density at radius 3 is 2.40 bits per heavy atom. The van der Waals surface area contributed by atoms with Gasteiger partial charge in [-0.15, -0.1) is 0 Å². The molecule has 1 heterocycles. The molecule has 0 radical (unpaired) electrons. The molecule has 0 unspecified atom stereocenters. The molecule has 0 aliphatic carbocycles. The highest BCUT2D eigenvalue weighted by molar-refractivity contribution is 6.36. The molecule has 1 aromatic heterocycles. The number of pyridine rings is 1. The number of rotatable bonds is 4. The summed E-state index contributed by atoms with van der Waals surface area (Å²) in [6.07, 6.45) is 0. The third-order valence-electron chi connectivity index (χ3n) is 5.00. The second-order valence-electron chi connectivity index (χ2n) is 6.91. The van der Waals surface area contributed by atoms with Gasteiger partial charge >= 0.3 is 0 Å². The van der Waals surface area contributed by atoms with Crippen molar-refractivity contribution >= 4 is 28.3 Å². The van der Waals surface area contributed by atoms with E-state index in [4.69, 9.17) is 11.6 Å². The van der Waals surface area contributed by atoms with E-state index in [2.05, 4.69) is 5.32 Å². The summed E-state index contributed by atoms with van der Waals surface area (Å²) in [6.45, 7) is 1.96. The Morgan fingerprint density at radius 1 is 1.00 bits per heavy atom. The molecule has 4 aromatic rings. The Labute approximate surface area is 177 Å². The molecule has 0 aliphatic rings. The number of carbonyl (C=O) groups excluding carboxylic acids is 1. The van der Waals surface area contributed by atoms with Crippen LogP contribution in [0.25, 0.3) is 16.5 Å². The summed E-state index contributed by atoms with van der Waals surface area (Å²) in [5.41, 5.74) is 2.01. The van der Waals surface area contributed by atoms with E-state index in [-0.39, 0.29) is 28.9 Å². The van der Waals surface area contributed by atoms with Crippen LogP contribution in [-0.4, -0.2) is 10.5 Å². The van der Waals surface area contributed by atoms with Crippen LogP contribution in [0.2, 0.25) is 5.02 Å². The molecular formula is C24H18ClFN2O2. The zero-order valence-corrected chi connectivity index (χ0v) is 16.9. The highest BCUT2D eigenvalue weighted by Crippen LogP contribution is 2.27. The molecule has 6 heteroatoms. The Morgan fingerprint density at radius 2 is 1.70 bits per heavy atom. The predicted molar refractivity (Wildman–Crippen MR) is 117 cm³/mol. The molecule has 1 N–H and O–H groups in total. The summed E-state index contributed by atoms with van der Waals surface area (Å²) >= 11 is 6.36. The minimum Gasteiger partial charge on any atom is -0.348 e. The van der Waals surface area contributed by atoms with Gasteiger partial charge in [-0.05, 0) is 42.8 Å². The van der Waals surface area contributed by atoms with Gasteiger partial charge in [0.05, 0.1) is 16.0 Å². The van der Waals surface area contributed by atoms with Crippen molar-refractivity contribution in [1.82, 2.24) is 9.88 Å². The SMILES string of the molecule is Cc1c(C(=O)NCc2ccc(F)cc2)c2cccc(Cl)c2c(=O)n1-c1ccccc1. The number of aromatic nitrogens is 1. The van der Waals surface area contributed by atoms with E-state index in [9.17, 15) is 14.0 Å². The van der Waals surface area contributed by atoms with Crippen molar-refractivity contribution in [3.63, 3.8) is 0 Å². The molecule has 150 valence electrons. The van der Waals surface area contributed by atoms with Gasteiger partial charge in [0.15, 0.2) is 0 Å². The van der Waals surface area contributed by atoms with Gasteiger partial charge in [-0.25, -0.2) is 4.39 Å². The lowest BCUT2D eigenvalue weighted by Crippen LogP contribution is -2.29. The van der Waals surface area contributed by atoms with Crippen LogP contribution in [-0.2, 0) is 6.54 Å². The molecule has 30 heavy (non-hydrogen) atoms. The molecule has 0 atom stereocenters. The normalized spacial score (nSPS) is 10.9. The van der Waals surface area contributed by atoms with E-state index < -0.39 is 0 Å². The number of benzene rings is 3. The molecule has 0 saturated heterocycles. The quantitative estimate of drug-likeness (QED) is 0.504. The lowest BCUT2D eigenvalue weighted by atomic mass is 10.0. The van der Waals surface area contributed by atoms with Gasteiger partial charge in [-0.3, -0.25) is 14.2 Å². The topological polar surface area (TPSA) is 51.1 Å². The maximum absolute atomic E-state index is 13.3. The van der Waals surface area contributed by atoms with Gasteiger partial charge in [0.1, 0.15) is 5.82 Å². The first-order valence-corrected chi connectivity index (χ1v) is 9.77. The number of amides is 1. The van der Waals surface area contributed by atoms with Gasteiger partial charge in [-0.1, -0.05) is 54.1 Å². The number of fused-ring (bicyclic) bond motifs is 1. The van der Waals surface area contributed by atoms with Crippen molar-refractivity contribution < 1.29 is 9.18 Å². The van der Waals surface area contributed by atoms with Crippen LogP contribution in [0.1, 0.15) is 21.6 Å². The zero-order valence-electron chi connectivity index (χ0n) is 16.2. The minimum absolute atomic E-state index is 0.227. The Balaban J connectivity index is 1.86. The van der Waals surface area contributed by atoms with Crippen LogP contribution in [0.3, 0.4) is 0 Å². The smallest absolute Gasteiger partial charge is 0.264 e. The second-order valence-corrected chi connectivity index (χ2v) is 7.32. The fourth-order valence-electron chi connectivity index (χ4n) is 3.57. The van der Waals surface area contributed by atoms with Gasteiger partial charge in [-0.2, -0.15) is 0 Å². The van der Waals surface area contributed by atoms with Gasteiger partial charge in [0.2, 0.25) is 0 Å². The average molecular weight is 421 g/mol. The van der Waals surface area contributed by atoms with Crippen molar-refractivity contribution in [1.29, 1.82) is 0 Å². The van der Waals surface area contributed by atoms with Crippen molar-refractivity contribution in [3.8, 4) is 5.69 Å². The number of hydrogen-bond acceptors (Lipinski definition) is 2. The van der Waals surface area contributed by atoms with Crippen LogP contribution in [0.5, 0.6) is 0 Å². The molecular weight excluding hydrogens is 403 g/mol. The minimum atomic E-state index is -0.339. The van der Waals surface area contributed by atoms with Crippen molar-refractivity contribution in [2.45, 2.75) is 13.5 Å². The molecule has 3 aromatic carbocycles. The molecule has 0 aliphatic heterocycles. The molecule has 4 nitrogen and oxygen atoms in total. The summed E-state index contributed by atoms with van der Waals surface area (Å²) in [7, 11) is 0. The van der Waals surface area contributed by atoms with Gasteiger partial charge < -0.3 is 5.32 Å². The largest absolute Gasteiger partial charge is 0.348 e. The maximum atomic E-state index is 13.3. The van der Waals surface area contributed by atoms with E-state index >= 15 is 0 Å². The number of para-hydroxylation sites is 1. The van der Waals surface area contributed by atoms with Gasteiger partial charge in [0.25, 0.3) is 11.5 Å². The van der Waals surface area contributed by atoms with E-state index in [1.165, 1.54) is 16.7 Å². The summed E-state index contributed by atoms with van der Waals surface area (Å²) in [4.78, 5) is 26.5. The average Bonchev–Trinajstić information content (AvgIpc) is 2.74. The van der Waals surface area contributed by atoms with Crippen molar-refractivity contribution in [2.24, 2.45) is 0 Å². The number of nitrogens with one attached hydrogen (secondary N) is 1. The standard InChI is InChI=1S/C24H18ClFN2O2/c1-15-21(23(29)27-14-16-10-12-17(26)13-11-16)19-8-5-9-20(25)22(19)24(30)28(15)18-6-3-2-4-7-18/h2-13H,14H2,1H3,(H,27,29). The summed E-state index contributed by atoms with van der Waals surface area (Å²) in [5.74, 6) is -0.676. The van der Waals surface area contributed by atoms with Crippen LogP contribution in [0.15, 0.2) is 77.6 Å². The Hall–Kier alpha value is -3.44. The fourth-order valence-corrected chi connectivity index (χ4v) is 3.82. The summed E-state index contributed by atoms with van der Waals surface area (Å²) in [5, 5.41) is 3.94. The van der Waals surface area contributed by atoms with Crippen LogP contribution >= 0.6 is 11.6 Å². The van der Waals surface area contributed by atoms with Crippen molar-refractivity contribution in [2.75, 3.05) is 0 Å². The highest BCUT2D eigenvalue weighted by atomic mass is 35.5. The van der Waals surface area contributed by atoms with E-state index in [0.717, 1.165) is 5.56 Å². The Bertz CT molecular complexity index is 1300. The molecule has 0 bridgehead atoms. The fraction of sp³-hybridized carbons (Fsp3) is 0.0833. The molecule has 4 rings (SSSR count). The first-order valence-electron chi connectivity index (χ1n) is 9.39. The number of hydrogen-bond donors (Lipinski definition) is 1. The zero-order chi connectivity index (χ0) is 21.3. The maximum Gasteiger partial charge on any atom is 0.264 e. The molecule has 0 saturated carbocycles. The van der Waals surface area contributed by atoms with E-state index in [1.807, 2.05) is 18.2 Å². The lowest BCUT2D eigenvalue weighted by Gasteiger charge is -2.18. The first kappa shape index (κ1) is 19.9. The highest BCUT2D eigenvalue weighted by Gasteiger charge is 2.21. The predicted octanol–water partition coefficient (Wildman–Crippen LogP) is 5.02. The van der Waals surface area contributed by atoms with Gasteiger partial charge in [0, 0.05) is 23.3 Å². The third kappa shape index (κ3) is 3.60. The second kappa shape index (κ2) is 8.13. The number of halogens is 2. The number of nitrogens with zero attached hydrogens (tertiary/aromatic N) is 1. The summed E-state index contributed by atoms with van der Waals surface area (Å²) in [6, 6.07) is 20.1. The van der Waals surface area contributed by atoms with Crippen LogP contribution in [0.4, 0.5) is 4.39 Å². The summed E-state index contributed by atoms with van der Waals surface area (Å²) < 4.78 is 14.6. The van der Waals surface area contributed by atoms with Crippen LogP contribution < -0.4 is 10.9 Å². The third-order valence-corrected chi connectivity index (χ3v) is 5.32. The van der Waals surface area contributed by atoms with E-state index in [1.54, 1.807) is 49.4 Å². The number of carbonyl (C=O) groups is 1. The first-order chi connectivity index (χ1) is 14.5. The molecule has 0 fully saturated rings. The molecule has 1 amide bonds.